The summed E-state index contributed by atoms with van der Waals surface area (Å²) in [7, 11) is 1.52. The average Bonchev–Trinajstić information content (AvgIpc) is 2.21. The number of rotatable bonds is 4. The fourth-order valence-corrected chi connectivity index (χ4v) is 1.62. The molecule has 0 aliphatic heterocycles. The Bertz CT molecular complexity index is 328. The van der Waals surface area contributed by atoms with Crippen LogP contribution in [0.3, 0.4) is 0 Å². The minimum Gasteiger partial charge on any atom is -0.496 e. The molecular weight excluding hydrogens is 200 g/mol. The molecule has 1 aromatic carbocycles. The van der Waals surface area contributed by atoms with Crippen LogP contribution in [-0.2, 0) is 0 Å². The molecule has 0 aromatic heterocycles. The van der Waals surface area contributed by atoms with Crippen LogP contribution in [0.5, 0.6) is 5.75 Å². The van der Waals surface area contributed by atoms with E-state index in [1.807, 2.05) is 0 Å². The molecule has 0 saturated heterocycles. The third-order valence-corrected chi connectivity index (χ3v) is 2.50. The van der Waals surface area contributed by atoms with Crippen LogP contribution in [0, 0.1) is 6.92 Å². The molecule has 0 heterocycles. The fourth-order valence-electron chi connectivity index (χ4n) is 1.62. The van der Waals surface area contributed by atoms with Gasteiger partial charge in [-0.25, -0.2) is 8.78 Å². The van der Waals surface area contributed by atoms with Crippen LogP contribution in [0.2, 0.25) is 0 Å². The Kier molecular flexibility index (Phi) is 4.03. The Hall–Kier alpha value is -1.16. The van der Waals surface area contributed by atoms with Gasteiger partial charge >= 0.3 is 0 Å². The molecule has 2 N–H and O–H groups in total. The number of benzene rings is 1. The Morgan fingerprint density at radius 2 is 2.07 bits per heavy atom. The van der Waals surface area contributed by atoms with Crippen molar-refractivity contribution in [3.05, 3.63) is 29.3 Å². The van der Waals surface area contributed by atoms with Crippen molar-refractivity contribution in [1.82, 2.24) is 0 Å². The monoisotopic (exact) mass is 215 g/mol. The number of hydrogen-bond donors (Lipinski definition) is 1. The summed E-state index contributed by atoms with van der Waals surface area (Å²) in [4.78, 5) is 0. The van der Waals surface area contributed by atoms with Crippen LogP contribution in [0.15, 0.2) is 18.2 Å². The lowest BCUT2D eigenvalue weighted by atomic mass is 9.94. The molecule has 4 heteroatoms. The van der Waals surface area contributed by atoms with Gasteiger partial charge < -0.3 is 10.5 Å². The van der Waals surface area contributed by atoms with Crippen molar-refractivity contribution in [1.29, 1.82) is 0 Å². The molecule has 1 unspecified atom stereocenters. The average molecular weight is 215 g/mol. The first kappa shape index (κ1) is 11.9. The lowest BCUT2D eigenvalue weighted by Crippen LogP contribution is -2.20. The Labute approximate surface area is 88.0 Å². The van der Waals surface area contributed by atoms with Gasteiger partial charge in [0, 0.05) is 6.54 Å². The van der Waals surface area contributed by atoms with Crippen molar-refractivity contribution < 1.29 is 13.5 Å². The second-order valence-electron chi connectivity index (χ2n) is 3.35. The van der Waals surface area contributed by atoms with Crippen LogP contribution < -0.4 is 10.5 Å². The van der Waals surface area contributed by atoms with Gasteiger partial charge in [0.15, 0.2) is 0 Å². The topological polar surface area (TPSA) is 35.2 Å². The SMILES string of the molecule is COc1cccc(C(CN)C(F)F)c1C. The molecule has 0 saturated carbocycles. The van der Waals surface area contributed by atoms with Gasteiger partial charge in [-0.3, -0.25) is 0 Å². The zero-order valence-electron chi connectivity index (χ0n) is 8.84. The quantitative estimate of drug-likeness (QED) is 0.836. The first-order chi connectivity index (χ1) is 7.11. The van der Waals surface area contributed by atoms with Crippen LogP contribution in [0.4, 0.5) is 8.78 Å². The number of halogens is 2. The maximum Gasteiger partial charge on any atom is 0.246 e. The second kappa shape index (κ2) is 5.07. The summed E-state index contributed by atoms with van der Waals surface area (Å²) in [6, 6.07) is 5.12. The van der Waals surface area contributed by atoms with E-state index in [0.717, 1.165) is 5.56 Å². The summed E-state index contributed by atoms with van der Waals surface area (Å²) in [5.74, 6) is -0.299. The van der Waals surface area contributed by atoms with Gasteiger partial charge in [-0.1, -0.05) is 12.1 Å². The van der Waals surface area contributed by atoms with E-state index in [2.05, 4.69) is 0 Å². The van der Waals surface area contributed by atoms with Gasteiger partial charge in [-0.05, 0) is 24.1 Å². The number of hydrogen-bond acceptors (Lipinski definition) is 2. The van der Waals surface area contributed by atoms with E-state index in [0.29, 0.717) is 11.3 Å². The van der Waals surface area contributed by atoms with Crippen molar-refractivity contribution in [3.63, 3.8) is 0 Å². The summed E-state index contributed by atoms with van der Waals surface area (Å²) in [6.45, 7) is 1.70. The number of ether oxygens (including phenoxy) is 1. The van der Waals surface area contributed by atoms with Gasteiger partial charge in [0.2, 0.25) is 6.43 Å². The molecule has 0 radical (unpaired) electrons. The molecule has 0 bridgehead atoms. The first-order valence-corrected chi connectivity index (χ1v) is 4.73. The van der Waals surface area contributed by atoms with Gasteiger partial charge in [0.1, 0.15) is 5.75 Å². The minimum absolute atomic E-state index is 0.0638. The van der Waals surface area contributed by atoms with Crippen LogP contribution in [-0.4, -0.2) is 20.1 Å². The summed E-state index contributed by atoms with van der Waals surface area (Å²) in [5, 5.41) is 0. The number of nitrogens with two attached hydrogens (primary N) is 1. The first-order valence-electron chi connectivity index (χ1n) is 4.73. The molecule has 0 fully saturated rings. The van der Waals surface area contributed by atoms with E-state index in [-0.39, 0.29) is 6.54 Å². The highest BCUT2D eigenvalue weighted by atomic mass is 19.3. The predicted molar refractivity (Wildman–Crippen MR) is 55.5 cm³/mol. The van der Waals surface area contributed by atoms with Gasteiger partial charge in [0.05, 0.1) is 13.0 Å². The largest absolute Gasteiger partial charge is 0.496 e. The smallest absolute Gasteiger partial charge is 0.246 e. The Morgan fingerprint density at radius 3 is 2.53 bits per heavy atom. The summed E-state index contributed by atoms with van der Waals surface area (Å²) in [6.07, 6.45) is -2.44. The lowest BCUT2D eigenvalue weighted by Gasteiger charge is -2.18. The van der Waals surface area contributed by atoms with E-state index in [4.69, 9.17) is 10.5 Å². The molecule has 0 aliphatic carbocycles. The van der Waals surface area contributed by atoms with E-state index in [1.165, 1.54) is 7.11 Å². The summed E-state index contributed by atoms with van der Waals surface area (Å²) in [5.41, 5.74) is 6.64. The normalized spacial score (nSPS) is 12.9. The summed E-state index contributed by atoms with van der Waals surface area (Å²) < 4.78 is 30.4. The molecule has 0 amide bonds. The predicted octanol–water partition coefficient (Wildman–Crippen LogP) is 2.31. The molecule has 1 rings (SSSR count). The molecule has 1 aromatic rings. The van der Waals surface area contributed by atoms with Crippen molar-refractivity contribution in [2.75, 3.05) is 13.7 Å². The third kappa shape index (κ3) is 2.45. The van der Waals surface area contributed by atoms with Crippen LogP contribution in [0.25, 0.3) is 0 Å². The fraction of sp³-hybridized carbons (Fsp3) is 0.455. The van der Waals surface area contributed by atoms with Gasteiger partial charge in [0.25, 0.3) is 0 Å². The Morgan fingerprint density at radius 1 is 1.40 bits per heavy atom. The zero-order valence-corrected chi connectivity index (χ0v) is 8.84. The second-order valence-corrected chi connectivity index (χ2v) is 3.35. The molecule has 84 valence electrons. The van der Waals surface area contributed by atoms with Crippen molar-refractivity contribution >= 4 is 0 Å². The maximum absolute atomic E-state index is 12.7. The number of alkyl halides is 2. The standard InChI is InChI=1S/C11H15F2NO/c1-7-8(9(6-14)11(12)13)4-3-5-10(7)15-2/h3-5,9,11H,6,14H2,1-2H3. The highest BCUT2D eigenvalue weighted by Gasteiger charge is 2.23. The van der Waals surface area contributed by atoms with E-state index in [1.54, 1.807) is 25.1 Å². The molecule has 1 atom stereocenters. The lowest BCUT2D eigenvalue weighted by molar-refractivity contribution is 0.116. The maximum atomic E-state index is 12.7. The van der Waals surface area contributed by atoms with Crippen molar-refractivity contribution in [2.45, 2.75) is 19.3 Å². The highest BCUT2D eigenvalue weighted by molar-refractivity contribution is 5.41. The van der Waals surface area contributed by atoms with Crippen molar-refractivity contribution in [3.8, 4) is 5.75 Å². The number of methoxy groups -OCH3 is 1. The third-order valence-electron chi connectivity index (χ3n) is 2.50. The highest BCUT2D eigenvalue weighted by Crippen LogP contribution is 2.30. The van der Waals surface area contributed by atoms with Crippen LogP contribution in [0.1, 0.15) is 17.0 Å². The van der Waals surface area contributed by atoms with E-state index in [9.17, 15) is 8.78 Å². The van der Waals surface area contributed by atoms with Gasteiger partial charge in [-0.15, -0.1) is 0 Å². The Balaban J connectivity index is 3.12. The van der Waals surface area contributed by atoms with Gasteiger partial charge in [-0.2, -0.15) is 0 Å². The molecule has 15 heavy (non-hydrogen) atoms. The molecular formula is C11H15F2NO. The molecule has 2 nitrogen and oxygen atoms in total. The van der Waals surface area contributed by atoms with E-state index < -0.39 is 12.3 Å². The van der Waals surface area contributed by atoms with Crippen molar-refractivity contribution in [2.24, 2.45) is 5.73 Å². The van der Waals surface area contributed by atoms with E-state index >= 15 is 0 Å². The zero-order chi connectivity index (χ0) is 11.4. The van der Waals surface area contributed by atoms with Crippen LogP contribution >= 0.6 is 0 Å². The summed E-state index contributed by atoms with van der Waals surface area (Å²) >= 11 is 0. The molecule has 0 spiro atoms. The molecule has 0 aliphatic rings. The minimum atomic E-state index is -2.44.